The number of hydrogen-bond donors (Lipinski definition) is 2. The third-order valence-electron chi connectivity index (χ3n) is 8.80. The van der Waals surface area contributed by atoms with Crippen molar-refractivity contribution in [3.05, 3.63) is 48.6 Å². The van der Waals surface area contributed by atoms with Crippen LogP contribution in [-0.2, 0) is 32.7 Å². The Morgan fingerprint density at radius 1 is 0.632 bits per heavy atom. The molecule has 0 amide bonds. The smallest absolute Gasteiger partial charge is 0.756 e. The Hall–Kier alpha value is -1.07. The zero-order chi connectivity index (χ0) is 45.7. The normalized spacial score (nSPS) is 16.4. The average molecular weight is 840 g/mol. The summed E-state index contributed by atoms with van der Waals surface area (Å²) in [6.07, 6.45) is 35.6. The topological polar surface area (TPSA) is 152 Å². The summed E-state index contributed by atoms with van der Waals surface area (Å²) in [5.41, 5.74) is 0. The molecule has 3 atom stereocenters. The van der Waals surface area contributed by atoms with E-state index in [1.54, 1.807) is 0 Å². The first-order valence-corrected chi connectivity index (χ1v) is 23.0. The maximum Gasteiger partial charge on any atom is 1.00 e. The standard InChI is InChI=1S/C45H81O10P.Na/c1-3-5-7-9-11-13-15-17-19-20-21-22-23-25-27-29-31-33-35-37-45(49)55-43(41-54-56(50,51)53-39-42(47)38-46)40-52-44(48)36-34-32-30-28-26-24-18-16-14-12-10-8-6-4-2;/h11,13,17,19,21-22,25,27,42-43,46-47H,3-10,12,14-16,18,20,23-24,26,28-41H2,1-2H3,(H,50,51);/q;+1/p-1/b13-11+,19-17+,22-21+,27-25+;/t42?,43-;/m1./s1/i40D2,41D2,43D;. The summed E-state index contributed by atoms with van der Waals surface area (Å²) < 4.78 is 73.0. The fraction of sp³-hybridized carbons (Fsp3) is 0.778. The molecular formula is C45H80NaO10P. The molecule has 0 spiro atoms. The van der Waals surface area contributed by atoms with Crippen LogP contribution in [0.5, 0.6) is 0 Å². The third-order valence-corrected chi connectivity index (χ3v) is 9.58. The van der Waals surface area contributed by atoms with Crippen molar-refractivity contribution in [2.75, 3.05) is 26.3 Å². The summed E-state index contributed by atoms with van der Waals surface area (Å²) in [5.74, 6) is -2.39. The predicted octanol–water partition coefficient (Wildman–Crippen LogP) is 8.10. The molecule has 0 aliphatic carbocycles. The van der Waals surface area contributed by atoms with Crippen LogP contribution in [0.2, 0.25) is 0 Å². The molecule has 0 aromatic rings. The number of rotatable bonds is 41. The number of ether oxygens (including phenoxy) is 2. The first kappa shape index (κ1) is 48.6. The minimum atomic E-state index is -5.76. The molecule has 12 heteroatoms. The maximum atomic E-state index is 12.9. The van der Waals surface area contributed by atoms with Crippen LogP contribution >= 0.6 is 7.82 Å². The molecule has 0 bridgehead atoms. The van der Waals surface area contributed by atoms with Crippen LogP contribution in [0.1, 0.15) is 194 Å². The van der Waals surface area contributed by atoms with E-state index in [1.807, 2.05) is 12.2 Å². The van der Waals surface area contributed by atoms with Gasteiger partial charge in [0.05, 0.1) is 26.6 Å². The van der Waals surface area contributed by atoms with Crippen molar-refractivity contribution in [3.8, 4) is 0 Å². The van der Waals surface area contributed by atoms with Crippen molar-refractivity contribution in [1.82, 2.24) is 0 Å². The van der Waals surface area contributed by atoms with E-state index in [0.717, 1.165) is 57.8 Å². The Bertz CT molecular complexity index is 1300. The van der Waals surface area contributed by atoms with E-state index in [9.17, 15) is 24.2 Å². The van der Waals surface area contributed by atoms with Crippen molar-refractivity contribution < 1.29 is 84.2 Å². The molecule has 0 fully saturated rings. The largest absolute Gasteiger partial charge is 1.00 e. The van der Waals surface area contributed by atoms with Crippen molar-refractivity contribution in [1.29, 1.82) is 0 Å². The summed E-state index contributed by atoms with van der Waals surface area (Å²) in [7, 11) is -5.76. The van der Waals surface area contributed by atoms with Gasteiger partial charge in [0.2, 0.25) is 0 Å². The van der Waals surface area contributed by atoms with Gasteiger partial charge in [0.1, 0.15) is 12.7 Å². The fourth-order valence-electron chi connectivity index (χ4n) is 5.47. The van der Waals surface area contributed by atoms with E-state index in [-0.39, 0.29) is 48.8 Å². The number of aliphatic hydroxyl groups is 2. The zero-order valence-electron chi connectivity index (χ0n) is 40.8. The summed E-state index contributed by atoms with van der Waals surface area (Å²) >= 11 is 0. The summed E-state index contributed by atoms with van der Waals surface area (Å²) in [4.78, 5) is 38.1. The molecule has 0 aliphatic rings. The van der Waals surface area contributed by atoms with E-state index >= 15 is 0 Å². The number of aliphatic hydroxyl groups excluding tert-OH is 2. The SMILES string of the molecule is [2H]C([2H])(OC(=O)CCCCCCCCCCCCCCCC)[C@@]([2H])(OC(=O)CCCCC/C=C/C/C=C/C/C=C/C/C=C/CCCCC)C([2H])([2H])OP(=O)([O-])OCC(O)CO.[Na+]. The fourth-order valence-corrected chi connectivity index (χ4v) is 6.07. The number of phosphoric ester groups is 1. The van der Waals surface area contributed by atoms with Gasteiger partial charge in [-0.2, -0.15) is 0 Å². The molecule has 0 saturated carbocycles. The molecule has 0 radical (unpaired) electrons. The number of esters is 2. The van der Waals surface area contributed by atoms with Gasteiger partial charge in [-0.1, -0.05) is 165 Å². The third kappa shape index (κ3) is 44.3. The van der Waals surface area contributed by atoms with E-state index < -0.39 is 58.3 Å². The Morgan fingerprint density at radius 3 is 1.53 bits per heavy atom. The number of carbonyl (C=O) groups excluding carboxylic acids is 2. The van der Waals surface area contributed by atoms with Gasteiger partial charge in [0.15, 0.2) is 6.08 Å². The Labute approximate surface area is 376 Å². The predicted molar refractivity (Wildman–Crippen MR) is 226 cm³/mol. The van der Waals surface area contributed by atoms with E-state index in [4.69, 9.17) is 21.4 Å². The monoisotopic (exact) mass is 840 g/mol. The molecule has 57 heavy (non-hydrogen) atoms. The minimum Gasteiger partial charge on any atom is -0.756 e. The van der Waals surface area contributed by atoms with Gasteiger partial charge in [-0.3, -0.25) is 14.2 Å². The van der Waals surface area contributed by atoms with Crippen LogP contribution in [-0.4, -0.2) is 60.7 Å². The van der Waals surface area contributed by atoms with Gasteiger partial charge >= 0.3 is 41.5 Å². The number of hydrogen-bond acceptors (Lipinski definition) is 10. The molecule has 0 aliphatic heterocycles. The quantitative estimate of drug-likeness (QED) is 0.0203. The van der Waals surface area contributed by atoms with Crippen LogP contribution in [0.15, 0.2) is 48.6 Å². The van der Waals surface area contributed by atoms with Crippen molar-refractivity contribution in [2.24, 2.45) is 0 Å². The maximum absolute atomic E-state index is 12.9. The van der Waals surface area contributed by atoms with Crippen molar-refractivity contribution in [2.45, 2.75) is 199 Å². The van der Waals surface area contributed by atoms with Gasteiger partial charge in [0, 0.05) is 12.8 Å². The molecular weight excluding hydrogens is 754 g/mol. The molecule has 0 rings (SSSR count). The molecule has 326 valence electrons. The summed E-state index contributed by atoms with van der Waals surface area (Å²) in [5, 5.41) is 18.4. The van der Waals surface area contributed by atoms with Crippen LogP contribution in [0.25, 0.3) is 0 Å². The second-order valence-electron chi connectivity index (χ2n) is 14.2. The molecule has 2 N–H and O–H groups in total. The van der Waals surface area contributed by atoms with Gasteiger partial charge in [-0.25, -0.2) is 0 Å². The number of allylic oxidation sites excluding steroid dienone is 8. The van der Waals surface area contributed by atoms with Crippen LogP contribution < -0.4 is 34.5 Å². The molecule has 2 unspecified atom stereocenters. The number of phosphoric acid groups is 1. The van der Waals surface area contributed by atoms with E-state index in [2.05, 4.69) is 59.4 Å². The Morgan fingerprint density at radius 2 is 1.04 bits per heavy atom. The van der Waals surface area contributed by atoms with Gasteiger partial charge in [0.25, 0.3) is 7.82 Å². The molecule has 10 nitrogen and oxygen atoms in total. The Kier molecular flexibility index (Phi) is 37.9. The van der Waals surface area contributed by atoms with Crippen LogP contribution in [0.3, 0.4) is 0 Å². The average Bonchev–Trinajstić information content (AvgIpc) is 3.20. The summed E-state index contributed by atoms with van der Waals surface area (Å²) in [6, 6.07) is 0. The summed E-state index contributed by atoms with van der Waals surface area (Å²) in [6.45, 7) is -5.25. The molecule has 0 aromatic heterocycles. The van der Waals surface area contributed by atoms with Crippen molar-refractivity contribution in [3.63, 3.8) is 0 Å². The number of unbranched alkanes of at least 4 members (excludes halogenated alkanes) is 19. The van der Waals surface area contributed by atoms with E-state index in [1.165, 1.54) is 70.6 Å². The molecule has 0 aromatic carbocycles. The van der Waals surface area contributed by atoms with Gasteiger partial charge in [-0.15, -0.1) is 0 Å². The van der Waals surface area contributed by atoms with Gasteiger partial charge in [-0.05, 0) is 57.8 Å². The first-order valence-electron chi connectivity index (χ1n) is 24.1. The van der Waals surface area contributed by atoms with E-state index in [0.29, 0.717) is 25.7 Å². The first-order chi connectivity index (χ1) is 29.1. The zero-order valence-corrected chi connectivity index (χ0v) is 38.7. The second-order valence-corrected chi connectivity index (χ2v) is 15.5. The molecule has 0 saturated heterocycles. The molecule has 0 heterocycles. The van der Waals surface area contributed by atoms with Crippen LogP contribution in [0, 0.1) is 0 Å². The second kappa shape index (κ2) is 44.5. The van der Waals surface area contributed by atoms with Gasteiger partial charge < -0.3 is 33.6 Å². The minimum absolute atomic E-state index is 0. The number of carbonyl (C=O) groups is 2. The Balaban J connectivity index is 0. The van der Waals surface area contributed by atoms with Crippen molar-refractivity contribution >= 4 is 19.8 Å². The van der Waals surface area contributed by atoms with Crippen LogP contribution in [0.4, 0.5) is 0 Å².